The highest BCUT2D eigenvalue weighted by Gasteiger charge is 2.35. The molecule has 1 nitrogen and oxygen atoms in total. The zero-order chi connectivity index (χ0) is 5.45. The summed E-state index contributed by atoms with van der Waals surface area (Å²) >= 11 is 0. The Kier molecular flexibility index (Phi) is 0.706. The third-order valence-electron chi connectivity index (χ3n) is 2.36. The minimum absolute atomic E-state index is 0.625. The van der Waals surface area contributed by atoms with Crippen molar-refractivity contribution in [2.75, 3.05) is 6.54 Å². The van der Waals surface area contributed by atoms with E-state index in [1.54, 1.807) is 0 Å². The normalized spacial score (nSPS) is 30.0. The Bertz CT molecular complexity index is 122. The molecular weight excluding hydrogens is 98.1 g/mol. The first kappa shape index (κ1) is 4.42. The first-order chi connectivity index (χ1) is 3.91. The van der Waals surface area contributed by atoms with Gasteiger partial charge in [0.15, 0.2) is 0 Å². The molecule has 2 aliphatic rings. The third-order valence-corrected chi connectivity index (χ3v) is 2.36. The Balaban J connectivity index is 2.13. The van der Waals surface area contributed by atoms with Gasteiger partial charge in [-0.25, -0.2) is 0 Å². The lowest BCUT2D eigenvalue weighted by molar-refractivity contribution is 0.219. The molecule has 0 unspecified atom stereocenters. The van der Waals surface area contributed by atoms with Crippen molar-refractivity contribution >= 4 is 0 Å². The highest BCUT2D eigenvalue weighted by molar-refractivity contribution is 5.10. The number of hydrogen-bond donors (Lipinski definition) is 1. The third kappa shape index (κ3) is 0.417. The average Bonchev–Trinajstić information content (AvgIpc) is 2.07. The fraction of sp³-hybridized carbons (Fsp3) is 0.714. The maximum atomic E-state index is 3.23. The van der Waals surface area contributed by atoms with Gasteiger partial charge in [0.25, 0.3) is 0 Å². The molecule has 1 heterocycles. The van der Waals surface area contributed by atoms with Gasteiger partial charge >= 0.3 is 0 Å². The molecule has 1 fully saturated rings. The maximum absolute atomic E-state index is 3.23. The van der Waals surface area contributed by atoms with Crippen molar-refractivity contribution in [1.82, 2.24) is 5.32 Å². The van der Waals surface area contributed by atoms with E-state index in [0.717, 1.165) is 0 Å². The highest BCUT2D eigenvalue weighted by atomic mass is 14.9. The topological polar surface area (TPSA) is 12.0 Å². The van der Waals surface area contributed by atoms with Crippen molar-refractivity contribution in [3.63, 3.8) is 0 Å². The summed E-state index contributed by atoms with van der Waals surface area (Å²) in [5.74, 6) is 0. The SMILES string of the molecule is C1=CC2(CCC2)CN1. The van der Waals surface area contributed by atoms with Crippen molar-refractivity contribution in [1.29, 1.82) is 0 Å². The van der Waals surface area contributed by atoms with E-state index in [1.807, 2.05) is 0 Å². The minimum Gasteiger partial charge on any atom is -0.390 e. The molecule has 44 valence electrons. The van der Waals surface area contributed by atoms with E-state index in [1.165, 1.54) is 25.8 Å². The van der Waals surface area contributed by atoms with Crippen LogP contribution in [0, 0.1) is 5.41 Å². The molecule has 2 rings (SSSR count). The van der Waals surface area contributed by atoms with E-state index in [2.05, 4.69) is 17.6 Å². The molecule has 1 aliphatic carbocycles. The maximum Gasteiger partial charge on any atom is 0.0233 e. The highest BCUT2D eigenvalue weighted by Crippen LogP contribution is 2.43. The van der Waals surface area contributed by atoms with Crippen LogP contribution in [0.3, 0.4) is 0 Å². The molecule has 8 heavy (non-hydrogen) atoms. The van der Waals surface area contributed by atoms with Gasteiger partial charge in [-0.15, -0.1) is 0 Å². The van der Waals surface area contributed by atoms with Gasteiger partial charge in [-0.3, -0.25) is 0 Å². The van der Waals surface area contributed by atoms with Gasteiger partial charge in [-0.2, -0.15) is 0 Å². The van der Waals surface area contributed by atoms with Gasteiger partial charge in [-0.05, 0) is 19.0 Å². The van der Waals surface area contributed by atoms with Crippen LogP contribution in [0.2, 0.25) is 0 Å². The van der Waals surface area contributed by atoms with Crippen LogP contribution in [0.1, 0.15) is 19.3 Å². The van der Waals surface area contributed by atoms with E-state index in [0.29, 0.717) is 5.41 Å². The lowest BCUT2D eigenvalue weighted by Gasteiger charge is -2.35. The molecule has 1 N–H and O–H groups in total. The number of rotatable bonds is 0. The monoisotopic (exact) mass is 109 g/mol. The summed E-state index contributed by atoms with van der Waals surface area (Å²) in [6.45, 7) is 1.20. The molecule has 0 aromatic heterocycles. The summed E-state index contributed by atoms with van der Waals surface area (Å²) < 4.78 is 0. The molecular formula is C7H11N. The van der Waals surface area contributed by atoms with E-state index in [-0.39, 0.29) is 0 Å². The Morgan fingerprint density at radius 1 is 1.38 bits per heavy atom. The fourth-order valence-corrected chi connectivity index (χ4v) is 1.53. The smallest absolute Gasteiger partial charge is 0.0233 e. The van der Waals surface area contributed by atoms with Gasteiger partial charge in [0.2, 0.25) is 0 Å². The zero-order valence-electron chi connectivity index (χ0n) is 4.98. The predicted molar refractivity (Wildman–Crippen MR) is 33.4 cm³/mol. The molecule has 0 amide bonds. The molecule has 0 atom stereocenters. The Labute approximate surface area is 49.8 Å². The van der Waals surface area contributed by atoms with Crippen molar-refractivity contribution < 1.29 is 0 Å². The van der Waals surface area contributed by atoms with E-state index in [9.17, 15) is 0 Å². The van der Waals surface area contributed by atoms with Crippen molar-refractivity contribution in [2.45, 2.75) is 19.3 Å². The molecule has 0 aromatic carbocycles. The molecule has 0 bridgehead atoms. The van der Waals surface area contributed by atoms with E-state index >= 15 is 0 Å². The van der Waals surface area contributed by atoms with Crippen LogP contribution in [-0.2, 0) is 0 Å². The van der Waals surface area contributed by atoms with Gasteiger partial charge in [0.05, 0.1) is 0 Å². The lowest BCUT2D eigenvalue weighted by atomic mass is 9.70. The lowest BCUT2D eigenvalue weighted by Crippen LogP contribution is -2.31. The molecule has 0 saturated heterocycles. The second kappa shape index (κ2) is 1.28. The number of hydrogen-bond acceptors (Lipinski definition) is 1. The number of nitrogens with one attached hydrogen (secondary N) is 1. The summed E-state index contributed by atoms with van der Waals surface area (Å²) in [6, 6.07) is 0. The van der Waals surface area contributed by atoms with Gasteiger partial charge in [0, 0.05) is 12.0 Å². The summed E-state index contributed by atoms with van der Waals surface area (Å²) in [7, 11) is 0. The van der Waals surface area contributed by atoms with E-state index < -0.39 is 0 Å². The molecule has 1 aliphatic heterocycles. The average molecular weight is 109 g/mol. The summed E-state index contributed by atoms with van der Waals surface area (Å²) in [5, 5.41) is 3.23. The molecule has 1 heteroatoms. The standard InChI is InChI=1S/C7H11N/c1-2-7(3-1)4-5-8-6-7/h4-5,8H,1-3,6H2. The van der Waals surface area contributed by atoms with Crippen LogP contribution in [-0.4, -0.2) is 6.54 Å². The van der Waals surface area contributed by atoms with Gasteiger partial charge < -0.3 is 5.32 Å². The summed E-state index contributed by atoms with van der Waals surface area (Å²) in [5.41, 5.74) is 0.625. The van der Waals surface area contributed by atoms with Crippen LogP contribution in [0.25, 0.3) is 0 Å². The first-order valence-corrected chi connectivity index (χ1v) is 3.32. The quantitative estimate of drug-likeness (QED) is 0.494. The van der Waals surface area contributed by atoms with E-state index in [4.69, 9.17) is 0 Å². The minimum atomic E-state index is 0.625. The Hall–Kier alpha value is -0.460. The predicted octanol–water partition coefficient (Wildman–Crippen LogP) is 1.27. The summed E-state index contributed by atoms with van der Waals surface area (Å²) in [4.78, 5) is 0. The first-order valence-electron chi connectivity index (χ1n) is 3.32. The molecule has 0 radical (unpaired) electrons. The van der Waals surface area contributed by atoms with Crippen LogP contribution in [0.5, 0.6) is 0 Å². The van der Waals surface area contributed by atoms with Gasteiger partial charge in [-0.1, -0.05) is 12.5 Å². The second-order valence-electron chi connectivity index (χ2n) is 2.93. The molecule has 1 saturated carbocycles. The van der Waals surface area contributed by atoms with Crippen LogP contribution in [0.4, 0.5) is 0 Å². The van der Waals surface area contributed by atoms with Crippen molar-refractivity contribution in [3.05, 3.63) is 12.3 Å². The summed E-state index contributed by atoms with van der Waals surface area (Å²) in [6.07, 6.45) is 8.69. The van der Waals surface area contributed by atoms with Crippen LogP contribution >= 0.6 is 0 Å². The zero-order valence-corrected chi connectivity index (χ0v) is 4.98. The molecule has 0 aromatic rings. The Morgan fingerprint density at radius 2 is 2.25 bits per heavy atom. The van der Waals surface area contributed by atoms with Gasteiger partial charge in [0.1, 0.15) is 0 Å². The molecule has 1 spiro atoms. The van der Waals surface area contributed by atoms with Crippen molar-refractivity contribution in [2.24, 2.45) is 5.41 Å². The van der Waals surface area contributed by atoms with Crippen LogP contribution < -0.4 is 5.32 Å². The largest absolute Gasteiger partial charge is 0.390 e. The second-order valence-corrected chi connectivity index (χ2v) is 2.93. The van der Waals surface area contributed by atoms with Crippen LogP contribution in [0.15, 0.2) is 12.3 Å². The fourth-order valence-electron chi connectivity index (χ4n) is 1.53. The Morgan fingerprint density at radius 3 is 2.50 bits per heavy atom. The van der Waals surface area contributed by atoms with Crippen molar-refractivity contribution in [3.8, 4) is 0 Å².